The molecule has 3 aliphatic carbocycles. The minimum absolute atomic E-state index is 0.0286. The van der Waals surface area contributed by atoms with Crippen molar-refractivity contribution in [3.63, 3.8) is 0 Å². The SMILES string of the molecule is CC(C)(C)C(=O)OCOC(=O)C1CC2CCC1CC2. The fourth-order valence-corrected chi connectivity index (χ4v) is 3.13. The van der Waals surface area contributed by atoms with Crippen LogP contribution in [-0.2, 0) is 19.1 Å². The predicted octanol–water partition coefficient (Wildman–Crippen LogP) is 2.90. The van der Waals surface area contributed by atoms with E-state index in [9.17, 15) is 9.59 Å². The van der Waals surface area contributed by atoms with E-state index in [0.717, 1.165) is 19.3 Å². The van der Waals surface area contributed by atoms with Gasteiger partial charge >= 0.3 is 11.9 Å². The van der Waals surface area contributed by atoms with Gasteiger partial charge in [-0.3, -0.25) is 9.59 Å². The van der Waals surface area contributed by atoms with Gasteiger partial charge in [-0.15, -0.1) is 0 Å². The Hall–Kier alpha value is -1.06. The molecule has 3 fully saturated rings. The van der Waals surface area contributed by atoms with Crippen molar-refractivity contribution in [2.24, 2.45) is 23.2 Å². The summed E-state index contributed by atoms with van der Waals surface area (Å²) >= 11 is 0. The maximum absolute atomic E-state index is 12.0. The molecular weight excluding hydrogens is 244 g/mol. The molecule has 4 nitrogen and oxygen atoms in total. The van der Waals surface area contributed by atoms with E-state index in [0.29, 0.717) is 11.8 Å². The van der Waals surface area contributed by atoms with Crippen LogP contribution in [0.15, 0.2) is 0 Å². The zero-order chi connectivity index (χ0) is 14.0. The van der Waals surface area contributed by atoms with Gasteiger partial charge in [-0.25, -0.2) is 0 Å². The highest BCUT2D eigenvalue weighted by Crippen LogP contribution is 2.45. The molecule has 0 radical (unpaired) electrons. The van der Waals surface area contributed by atoms with E-state index in [2.05, 4.69) is 0 Å². The van der Waals surface area contributed by atoms with E-state index >= 15 is 0 Å². The third-order valence-electron chi connectivity index (χ3n) is 4.35. The van der Waals surface area contributed by atoms with Crippen molar-refractivity contribution in [3.8, 4) is 0 Å². The van der Waals surface area contributed by atoms with Crippen molar-refractivity contribution in [2.75, 3.05) is 6.79 Å². The molecule has 0 saturated heterocycles. The lowest BCUT2D eigenvalue weighted by Gasteiger charge is -2.40. The van der Waals surface area contributed by atoms with Crippen molar-refractivity contribution in [3.05, 3.63) is 0 Å². The Morgan fingerprint density at radius 3 is 2.16 bits per heavy atom. The summed E-state index contributed by atoms with van der Waals surface area (Å²) in [5.41, 5.74) is -0.559. The van der Waals surface area contributed by atoms with Crippen molar-refractivity contribution in [1.29, 1.82) is 0 Å². The second kappa shape index (κ2) is 5.51. The summed E-state index contributed by atoms with van der Waals surface area (Å²) in [5.74, 6) is 0.679. The van der Waals surface area contributed by atoms with Crippen molar-refractivity contribution in [2.45, 2.75) is 52.9 Å². The Balaban J connectivity index is 1.75. The van der Waals surface area contributed by atoms with E-state index in [1.54, 1.807) is 20.8 Å². The van der Waals surface area contributed by atoms with Crippen molar-refractivity contribution < 1.29 is 19.1 Å². The molecule has 0 heterocycles. The molecule has 1 atom stereocenters. The molecule has 0 aromatic heterocycles. The Morgan fingerprint density at radius 2 is 1.68 bits per heavy atom. The third-order valence-corrected chi connectivity index (χ3v) is 4.35. The maximum Gasteiger partial charge on any atom is 0.314 e. The molecular formula is C15H24O4. The Morgan fingerprint density at radius 1 is 1.05 bits per heavy atom. The molecule has 0 aromatic rings. The van der Waals surface area contributed by atoms with Crippen molar-refractivity contribution >= 4 is 11.9 Å². The first-order valence-corrected chi connectivity index (χ1v) is 7.22. The van der Waals surface area contributed by atoms with E-state index < -0.39 is 5.41 Å². The van der Waals surface area contributed by atoms with Crippen LogP contribution in [0.3, 0.4) is 0 Å². The average Bonchev–Trinajstić information content (AvgIpc) is 2.38. The lowest BCUT2D eigenvalue weighted by Crippen LogP contribution is -2.37. The quantitative estimate of drug-likeness (QED) is 0.583. The van der Waals surface area contributed by atoms with Crippen LogP contribution in [0.4, 0.5) is 0 Å². The van der Waals surface area contributed by atoms with Crippen LogP contribution in [-0.4, -0.2) is 18.7 Å². The van der Waals surface area contributed by atoms with E-state index in [1.165, 1.54) is 12.8 Å². The van der Waals surface area contributed by atoms with Gasteiger partial charge in [0.05, 0.1) is 11.3 Å². The minimum Gasteiger partial charge on any atom is -0.428 e. The van der Waals surface area contributed by atoms with Gasteiger partial charge in [0, 0.05) is 0 Å². The number of carbonyl (C=O) groups excluding carboxylic acids is 2. The highest BCUT2D eigenvalue weighted by molar-refractivity contribution is 5.76. The summed E-state index contributed by atoms with van der Waals surface area (Å²) in [6.07, 6.45) is 5.76. The van der Waals surface area contributed by atoms with Gasteiger partial charge in [0.25, 0.3) is 0 Å². The topological polar surface area (TPSA) is 52.6 Å². The zero-order valence-electron chi connectivity index (χ0n) is 12.1. The van der Waals surface area contributed by atoms with Gasteiger partial charge in [-0.05, 0) is 51.9 Å². The minimum atomic E-state index is -0.559. The van der Waals surface area contributed by atoms with Gasteiger partial charge in [-0.1, -0.05) is 12.8 Å². The summed E-state index contributed by atoms with van der Waals surface area (Å²) in [7, 11) is 0. The summed E-state index contributed by atoms with van der Waals surface area (Å²) in [4.78, 5) is 23.5. The molecule has 0 amide bonds. The number of hydrogen-bond donors (Lipinski definition) is 0. The Kier molecular flexibility index (Phi) is 4.16. The molecule has 3 rings (SSSR count). The molecule has 0 aliphatic heterocycles. The van der Waals surface area contributed by atoms with Gasteiger partial charge in [0.15, 0.2) is 0 Å². The lowest BCUT2D eigenvalue weighted by molar-refractivity contribution is -0.178. The van der Waals surface area contributed by atoms with Gasteiger partial charge < -0.3 is 9.47 Å². The summed E-state index contributed by atoms with van der Waals surface area (Å²) in [6, 6.07) is 0. The molecule has 0 spiro atoms. The Labute approximate surface area is 114 Å². The number of hydrogen-bond acceptors (Lipinski definition) is 4. The molecule has 4 heteroatoms. The predicted molar refractivity (Wildman–Crippen MR) is 70.1 cm³/mol. The second-order valence-electron chi connectivity index (χ2n) is 6.89. The smallest absolute Gasteiger partial charge is 0.314 e. The average molecular weight is 268 g/mol. The number of esters is 2. The van der Waals surface area contributed by atoms with Crippen LogP contribution < -0.4 is 0 Å². The van der Waals surface area contributed by atoms with Crippen molar-refractivity contribution in [1.82, 2.24) is 0 Å². The third kappa shape index (κ3) is 3.48. The fraction of sp³-hybridized carbons (Fsp3) is 0.867. The molecule has 19 heavy (non-hydrogen) atoms. The van der Waals surface area contributed by atoms with E-state index in [-0.39, 0.29) is 24.6 Å². The molecule has 2 bridgehead atoms. The fourth-order valence-electron chi connectivity index (χ4n) is 3.13. The second-order valence-corrected chi connectivity index (χ2v) is 6.89. The van der Waals surface area contributed by atoms with Crippen LogP contribution in [0.5, 0.6) is 0 Å². The van der Waals surface area contributed by atoms with Crippen LogP contribution >= 0.6 is 0 Å². The molecule has 3 aliphatic rings. The molecule has 3 saturated carbocycles. The molecule has 108 valence electrons. The first kappa shape index (κ1) is 14.4. The van der Waals surface area contributed by atoms with Gasteiger partial charge in [0.1, 0.15) is 0 Å². The van der Waals surface area contributed by atoms with E-state index in [1.807, 2.05) is 0 Å². The van der Waals surface area contributed by atoms with Crippen LogP contribution in [0, 0.1) is 23.2 Å². The van der Waals surface area contributed by atoms with Crippen LogP contribution in [0.1, 0.15) is 52.9 Å². The number of rotatable bonds is 3. The molecule has 0 aromatic carbocycles. The first-order valence-electron chi connectivity index (χ1n) is 7.22. The van der Waals surface area contributed by atoms with Crippen LogP contribution in [0.25, 0.3) is 0 Å². The summed E-state index contributed by atoms with van der Waals surface area (Å²) < 4.78 is 10.1. The highest BCUT2D eigenvalue weighted by atomic mass is 16.7. The van der Waals surface area contributed by atoms with Gasteiger partial charge in [-0.2, -0.15) is 0 Å². The molecule has 0 N–H and O–H groups in total. The van der Waals surface area contributed by atoms with E-state index in [4.69, 9.17) is 9.47 Å². The summed E-state index contributed by atoms with van der Waals surface area (Å²) in [6.45, 7) is 5.08. The highest BCUT2D eigenvalue weighted by Gasteiger charge is 2.40. The van der Waals surface area contributed by atoms with Gasteiger partial charge in [0.2, 0.25) is 6.79 Å². The standard InChI is InChI=1S/C15H24O4/c1-15(2,3)14(17)19-9-18-13(16)12-8-10-4-6-11(12)7-5-10/h10-12H,4-9H2,1-3H3. The normalized spacial score (nSPS) is 29.9. The monoisotopic (exact) mass is 268 g/mol. The zero-order valence-corrected chi connectivity index (χ0v) is 12.1. The largest absolute Gasteiger partial charge is 0.428 e. The number of fused-ring (bicyclic) bond motifs is 3. The maximum atomic E-state index is 12.0. The lowest BCUT2D eigenvalue weighted by atomic mass is 9.65. The summed E-state index contributed by atoms with van der Waals surface area (Å²) in [5, 5.41) is 0. The number of carbonyl (C=O) groups is 2. The van der Waals surface area contributed by atoms with Crippen LogP contribution in [0.2, 0.25) is 0 Å². The first-order chi connectivity index (χ1) is 8.88. The Bertz CT molecular complexity index is 348. The molecule has 1 unspecified atom stereocenters. The number of ether oxygens (including phenoxy) is 2.